The SMILES string of the molecule is C(=Cc1ccccc1)CN1CCCCC1C1CCCN1. The molecule has 0 bridgehead atoms. The summed E-state index contributed by atoms with van der Waals surface area (Å²) in [7, 11) is 0. The molecule has 2 aliphatic rings. The second-order valence-corrected chi connectivity index (χ2v) is 6.07. The van der Waals surface area contributed by atoms with E-state index in [1.54, 1.807) is 0 Å². The Bertz CT molecular complexity index is 420. The molecule has 2 saturated heterocycles. The van der Waals surface area contributed by atoms with E-state index >= 15 is 0 Å². The normalized spacial score (nSPS) is 28.2. The first kappa shape index (κ1) is 13.8. The third-order valence-corrected chi connectivity index (χ3v) is 4.68. The molecule has 0 amide bonds. The minimum atomic E-state index is 0.737. The van der Waals surface area contributed by atoms with Gasteiger partial charge in [-0.3, -0.25) is 4.90 Å². The zero-order chi connectivity index (χ0) is 13.6. The predicted molar refractivity (Wildman–Crippen MR) is 85.7 cm³/mol. The second-order valence-electron chi connectivity index (χ2n) is 6.07. The van der Waals surface area contributed by atoms with Gasteiger partial charge in [0.1, 0.15) is 0 Å². The van der Waals surface area contributed by atoms with Crippen molar-refractivity contribution in [2.75, 3.05) is 19.6 Å². The highest BCUT2D eigenvalue weighted by Gasteiger charge is 2.30. The van der Waals surface area contributed by atoms with E-state index in [0.29, 0.717) is 0 Å². The Hall–Kier alpha value is -1.12. The number of rotatable bonds is 4. The van der Waals surface area contributed by atoms with Crippen LogP contribution in [0.15, 0.2) is 36.4 Å². The van der Waals surface area contributed by atoms with E-state index in [-0.39, 0.29) is 0 Å². The van der Waals surface area contributed by atoms with Gasteiger partial charge >= 0.3 is 0 Å². The van der Waals surface area contributed by atoms with Crippen LogP contribution in [0.5, 0.6) is 0 Å². The zero-order valence-corrected chi connectivity index (χ0v) is 12.3. The van der Waals surface area contributed by atoms with Gasteiger partial charge in [0.25, 0.3) is 0 Å². The molecular formula is C18H26N2. The van der Waals surface area contributed by atoms with Gasteiger partial charge < -0.3 is 5.32 Å². The maximum Gasteiger partial charge on any atom is 0.0252 e. The maximum atomic E-state index is 3.70. The highest BCUT2D eigenvalue weighted by molar-refractivity contribution is 5.48. The molecule has 3 rings (SSSR count). The lowest BCUT2D eigenvalue weighted by atomic mass is 9.94. The smallest absolute Gasteiger partial charge is 0.0252 e. The van der Waals surface area contributed by atoms with E-state index in [4.69, 9.17) is 0 Å². The summed E-state index contributed by atoms with van der Waals surface area (Å²) in [6.45, 7) is 3.58. The van der Waals surface area contributed by atoms with Crippen molar-refractivity contribution in [3.8, 4) is 0 Å². The number of piperidine rings is 1. The van der Waals surface area contributed by atoms with Gasteiger partial charge in [-0.1, -0.05) is 48.9 Å². The van der Waals surface area contributed by atoms with Gasteiger partial charge in [-0.25, -0.2) is 0 Å². The molecule has 1 aromatic carbocycles. The minimum absolute atomic E-state index is 0.737. The van der Waals surface area contributed by atoms with Crippen molar-refractivity contribution in [3.63, 3.8) is 0 Å². The quantitative estimate of drug-likeness (QED) is 0.903. The van der Waals surface area contributed by atoms with Crippen molar-refractivity contribution in [2.45, 2.75) is 44.2 Å². The number of nitrogens with one attached hydrogen (secondary N) is 1. The summed E-state index contributed by atoms with van der Waals surface area (Å²) in [6, 6.07) is 12.1. The summed E-state index contributed by atoms with van der Waals surface area (Å²) in [5.41, 5.74) is 1.31. The fraction of sp³-hybridized carbons (Fsp3) is 0.556. The predicted octanol–water partition coefficient (Wildman–Crippen LogP) is 3.31. The molecule has 108 valence electrons. The molecule has 20 heavy (non-hydrogen) atoms. The first-order valence-corrected chi connectivity index (χ1v) is 8.12. The van der Waals surface area contributed by atoms with E-state index < -0.39 is 0 Å². The number of nitrogens with zero attached hydrogens (tertiary/aromatic N) is 1. The fourth-order valence-corrected chi connectivity index (χ4v) is 3.63. The van der Waals surface area contributed by atoms with Crippen molar-refractivity contribution in [1.29, 1.82) is 0 Å². The lowest BCUT2D eigenvalue weighted by Gasteiger charge is -2.38. The molecule has 0 aromatic heterocycles. The molecule has 2 heterocycles. The van der Waals surface area contributed by atoms with E-state index in [2.05, 4.69) is 52.7 Å². The van der Waals surface area contributed by atoms with Crippen LogP contribution in [0, 0.1) is 0 Å². The van der Waals surface area contributed by atoms with E-state index in [9.17, 15) is 0 Å². The van der Waals surface area contributed by atoms with Crippen molar-refractivity contribution >= 4 is 6.08 Å². The zero-order valence-electron chi connectivity index (χ0n) is 12.3. The lowest BCUT2D eigenvalue weighted by Crippen LogP contribution is -2.50. The molecule has 0 radical (unpaired) electrons. The summed E-state index contributed by atoms with van der Waals surface area (Å²) < 4.78 is 0. The molecule has 1 N–H and O–H groups in total. The Balaban J connectivity index is 1.58. The van der Waals surface area contributed by atoms with Crippen LogP contribution in [-0.2, 0) is 0 Å². The maximum absolute atomic E-state index is 3.70. The molecule has 2 nitrogen and oxygen atoms in total. The average Bonchev–Trinajstić information content (AvgIpc) is 3.03. The Kier molecular flexibility index (Phi) is 4.88. The molecule has 2 aliphatic heterocycles. The van der Waals surface area contributed by atoms with Crippen molar-refractivity contribution in [3.05, 3.63) is 42.0 Å². The molecular weight excluding hydrogens is 244 g/mol. The first-order valence-electron chi connectivity index (χ1n) is 8.12. The lowest BCUT2D eigenvalue weighted by molar-refractivity contribution is 0.134. The summed E-state index contributed by atoms with van der Waals surface area (Å²) in [5.74, 6) is 0. The largest absolute Gasteiger partial charge is 0.312 e. The van der Waals surface area contributed by atoms with Crippen LogP contribution in [0.25, 0.3) is 6.08 Å². The van der Waals surface area contributed by atoms with E-state index in [1.165, 1.54) is 50.8 Å². The van der Waals surface area contributed by atoms with Gasteiger partial charge in [-0.15, -0.1) is 0 Å². The monoisotopic (exact) mass is 270 g/mol. The number of hydrogen-bond donors (Lipinski definition) is 1. The highest BCUT2D eigenvalue weighted by Crippen LogP contribution is 2.24. The number of hydrogen-bond acceptors (Lipinski definition) is 2. The van der Waals surface area contributed by atoms with Gasteiger partial charge in [-0.05, 0) is 44.3 Å². The van der Waals surface area contributed by atoms with Crippen LogP contribution in [0.2, 0.25) is 0 Å². The minimum Gasteiger partial charge on any atom is -0.312 e. The fourth-order valence-electron chi connectivity index (χ4n) is 3.63. The Labute approximate surface area is 122 Å². The van der Waals surface area contributed by atoms with Crippen molar-refractivity contribution in [2.24, 2.45) is 0 Å². The number of benzene rings is 1. The third-order valence-electron chi connectivity index (χ3n) is 4.68. The summed E-state index contributed by atoms with van der Waals surface area (Å²) in [5, 5.41) is 3.70. The Morgan fingerprint density at radius 2 is 2.00 bits per heavy atom. The van der Waals surface area contributed by atoms with Crippen LogP contribution >= 0.6 is 0 Å². The molecule has 0 aliphatic carbocycles. The molecule has 2 heteroatoms. The average molecular weight is 270 g/mol. The molecule has 0 saturated carbocycles. The third kappa shape index (κ3) is 3.50. The van der Waals surface area contributed by atoms with Gasteiger partial charge in [0.05, 0.1) is 0 Å². The number of likely N-dealkylation sites (tertiary alicyclic amines) is 1. The molecule has 1 aromatic rings. The van der Waals surface area contributed by atoms with Crippen LogP contribution < -0.4 is 5.32 Å². The molecule has 2 atom stereocenters. The standard InChI is InChI=1S/C18H26N2/c1-2-8-16(9-3-1)10-7-15-20-14-5-4-12-18(20)17-11-6-13-19-17/h1-3,7-10,17-19H,4-6,11-15H2. The highest BCUT2D eigenvalue weighted by atomic mass is 15.2. The molecule has 0 spiro atoms. The van der Waals surface area contributed by atoms with Gasteiger partial charge in [-0.2, -0.15) is 0 Å². The summed E-state index contributed by atoms with van der Waals surface area (Å²) >= 11 is 0. The Morgan fingerprint density at radius 3 is 2.80 bits per heavy atom. The van der Waals surface area contributed by atoms with Gasteiger partial charge in [0.2, 0.25) is 0 Å². The van der Waals surface area contributed by atoms with Crippen molar-refractivity contribution in [1.82, 2.24) is 10.2 Å². The van der Waals surface area contributed by atoms with Crippen LogP contribution in [-0.4, -0.2) is 36.6 Å². The van der Waals surface area contributed by atoms with E-state index in [0.717, 1.165) is 18.6 Å². The van der Waals surface area contributed by atoms with Gasteiger partial charge in [0.15, 0.2) is 0 Å². The summed E-state index contributed by atoms with van der Waals surface area (Å²) in [6.07, 6.45) is 11.5. The van der Waals surface area contributed by atoms with Crippen LogP contribution in [0.1, 0.15) is 37.7 Å². The van der Waals surface area contributed by atoms with Crippen LogP contribution in [0.4, 0.5) is 0 Å². The van der Waals surface area contributed by atoms with E-state index in [1.807, 2.05) is 0 Å². The molecule has 2 fully saturated rings. The van der Waals surface area contributed by atoms with Gasteiger partial charge in [0, 0.05) is 18.6 Å². The summed E-state index contributed by atoms with van der Waals surface area (Å²) in [4.78, 5) is 2.69. The van der Waals surface area contributed by atoms with Crippen molar-refractivity contribution < 1.29 is 0 Å². The second kappa shape index (κ2) is 7.05. The topological polar surface area (TPSA) is 15.3 Å². The first-order chi connectivity index (χ1) is 9.93. The Morgan fingerprint density at radius 1 is 1.10 bits per heavy atom. The van der Waals surface area contributed by atoms with Crippen LogP contribution in [0.3, 0.4) is 0 Å². The molecule has 2 unspecified atom stereocenters.